The van der Waals surface area contributed by atoms with E-state index in [1.807, 2.05) is 13.0 Å². The molecule has 1 unspecified atom stereocenters. The van der Waals surface area contributed by atoms with Crippen LogP contribution in [0.1, 0.15) is 46.1 Å². The largest absolute Gasteiger partial charge is 0.508 e. The molecule has 1 aromatic rings. The van der Waals surface area contributed by atoms with E-state index in [0.29, 0.717) is 18.5 Å². The van der Waals surface area contributed by atoms with Crippen molar-refractivity contribution in [1.82, 2.24) is 10.6 Å². The van der Waals surface area contributed by atoms with E-state index in [9.17, 15) is 5.11 Å². The van der Waals surface area contributed by atoms with Gasteiger partial charge in [-0.2, -0.15) is 0 Å². The molecule has 0 fully saturated rings. The Labute approximate surface area is 140 Å². The Balaban J connectivity index is 2.71. The molecule has 130 valence electrons. The van der Waals surface area contributed by atoms with E-state index in [2.05, 4.69) is 36.4 Å². The quantitative estimate of drug-likeness (QED) is 0.508. The van der Waals surface area contributed by atoms with Gasteiger partial charge in [0.15, 0.2) is 5.96 Å². The molecule has 0 aliphatic rings. The van der Waals surface area contributed by atoms with Gasteiger partial charge in [-0.25, -0.2) is 4.99 Å². The molecule has 1 atom stereocenters. The van der Waals surface area contributed by atoms with Crippen molar-refractivity contribution in [3.05, 3.63) is 23.8 Å². The number of rotatable bonds is 8. The molecule has 23 heavy (non-hydrogen) atoms. The highest BCUT2D eigenvalue weighted by atomic mass is 16.5. The molecular weight excluding hydrogens is 290 g/mol. The number of hydrogen-bond acceptors (Lipinski definition) is 3. The summed E-state index contributed by atoms with van der Waals surface area (Å²) >= 11 is 0. The van der Waals surface area contributed by atoms with Crippen LogP contribution in [0, 0.1) is 5.92 Å². The first-order valence-electron chi connectivity index (χ1n) is 8.37. The smallest absolute Gasteiger partial charge is 0.191 e. The molecular formula is C18H31N3O2. The number of methoxy groups -OCH3 is 1. The molecule has 0 aromatic heterocycles. The minimum absolute atomic E-state index is 0.234. The number of aromatic hydroxyl groups is 1. The number of phenolic OH excluding ortho intramolecular Hbond substituents is 1. The molecule has 1 aromatic carbocycles. The van der Waals surface area contributed by atoms with E-state index < -0.39 is 0 Å². The minimum Gasteiger partial charge on any atom is -0.508 e. The number of benzene rings is 1. The van der Waals surface area contributed by atoms with Gasteiger partial charge in [0.1, 0.15) is 11.5 Å². The van der Waals surface area contributed by atoms with Gasteiger partial charge in [-0.3, -0.25) is 0 Å². The van der Waals surface area contributed by atoms with Crippen molar-refractivity contribution < 1.29 is 9.84 Å². The predicted octanol–water partition coefficient (Wildman–Crippen LogP) is 3.28. The third-order valence-corrected chi connectivity index (χ3v) is 3.60. The Morgan fingerprint density at radius 3 is 2.61 bits per heavy atom. The number of phenols is 1. The highest BCUT2D eigenvalue weighted by Crippen LogP contribution is 2.23. The van der Waals surface area contributed by atoms with Crippen LogP contribution < -0.4 is 15.4 Å². The molecule has 0 spiro atoms. The van der Waals surface area contributed by atoms with Crippen LogP contribution in [0.15, 0.2) is 23.2 Å². The van der Waals surface area contributed by atoms with Crippen molar-refractivity contribution in [2.45, 2.75) is 53.1 Å². The van der Waals surface area contributed by atoms with Crippen molar-refractivity contribution in [3.63, 3.8) is 0 Å². The second-order valence-electron chi connectivity index (χ2n) is 6.21. The van der Waals surface area contributed by atoms with Crippen LogP contribution in [-0.4, -0.2) is 30.8 Å². The maximum Gasteiger partial charge on any atom is 0.191 e. The second kappa shape index (κ2) is 9.98. The molecule has 0 amide bonds. The van der Waals surface area contributed by atoms with Crippen LogP contribution in [0.5, 0.6) is 11.5 Å². The summed E-state index contributed by atoms with van der Waals surface area (Å²) < 4.78 is 5.19. The first-order valence-corrected chi connectivity index (χ1v) is 8.37. The average molecular weight is 321 g/mol. The Kier molecular flexibility index (Phi) is 8.30. The van der Waals surface area contributed by atoms with E-state index in [1.165, 1.54) is 6.42 Å². The zero-order chi connectivity index (χ0) is 17.2. The molecule has 0 aliphatic carbocycles. The van der Waals surface area contributed by atoms with Gasteiger partial charge in [0.25, 0.3) is 0 Å². The molecule has 0 saturated heterocycles. The number of guanidine groups is 1. The summed E-state index contributed by atoms with van der Waals surface area (Å²) in [6, 6.07) is 5.54. The summed E-state index contributed by atoms with van der Waals surface area (Å²) in [7, 11) is 1.61. The molecule has 0 aliphatic heterocycles. The van der Waals surface area contributed by atoms with Crippen LogP contribution in [0.4, 0.5) is 0 Å². The lowest BCUT2D eigenvalue weighted by molar-refractivity contribution is 0.411. The molecule has 1 rings (SSSR count). The molecule has 0 saturated carbocycles. The first kappa shape index (κ1) is 19.1. The zero-order valence-corrected chi connectivity index (χ0v) is 15.0. The van der Waals surface area contributed by atoms with Gasteiger partial charge in [-0.15, -0.1) is 0 Å². The van der Waals surface area contributed by atoms with Crippen molar-refractivity contribution >= 4 is 5.96 Å². The Morgan fingerprint density at radius 1 is 1.26 bits per heavy atom. The summed E-state index contributed by atoms with van der Waals surface area (Å²) in [5.74, 6) is 2.42. The third kappa shape index (κ3) is 7.26. The van der Waals surface area contributed by atoms with Crippen LogP contribution in [0.25, 0.3) is 0 Å². The van der Waals surface area contributed by atoms with Crippen molar-refractivity contribution in [2.75, 3.05) is 13.7 Å². The maximum absolute atomic E-state index is 9.93. The first-order chi connectivity index (χ1) is 11.0. The van der Waals surface area contributed by atoms with Gasteiger partial charge in [0.2, 0.25) is 0 Å². The monoisotopic (exact) mass is 321 g/mol. The van der Waals surface area contributed by atoms with Crippen LogP contribution >= 0.6 is 0 Å². The number of ether oxygens (including phenoxy) is 1. The van der Waals surface area contributed by atoms with Crippen LogP contribution in [0.3, 0.4) is 0 Å². The summed E-state index contributed by atoms with van der Waals surface area (Å²) in [4.78, 5) is 4.57. The summed E-state index contributed by atoms with van der Waals surface area (Å²) in [6.07, 6.45) is 2.29. The van der Waals surface area contributed by atoms with Gasteiger partial charge in [0.05, 0.1) is 13.7 Å². The molecule has 0 bridgehead atoms. The fraction of sp³-hybridized carbons (Fsp3) is 0.611. The van der Waals surface area contributed by atoms with Gasteiger partial charge in [-0.05, 0) is 50.8 Å². The highest BCUT2D eigenvalue weighted by Gasteiger charge is 2.07. The van der Waals surface area contributed by atoms with Crippen molar-refractivity contribution in [3.8, 4) is 11.5 Å². The third-order valence-electron chi connectivity index (χ3n) is 3.60. The van der Waals surface area contributed by atoms with E-state index in [-0.39, 0.29) is 5.75 Å². The number of aliphatic imine (C=N–C) groups is 1. The van der Waals surface area contributed by atoms with Gasteiger partial charge in [-0.1, -0.05) is 13.8 Å². The summed E-state index contributed by atoms with van der Waals surface area (Å²) in [5.41, 5.74) is 0.747. The van der Waals surface area contributed by atoms with Crippen LogP contribution in [0.2, 0.25) is 0 Å². The maximum atomic E-state index is 9.93. The van der Waals surface area contributed by atoms with E-state index >= 15 is 0 Å². The Hall–Kier alpha value is -1.91. The van der Waals surface area contributed by atoms with Crippen molar-refractivity contribution in [2.24, 2.45) is 10.9 Å². The minimum atomic E-state index is 0.234. The Morgan fingerprint density at radius 2 is 2.00 bits per heavy atom. The fourth-order valence-corrected chi connectivity index (χ4v) is 2.19. The lowest BCUT2D eigenvalue weighted by Crippen LogP contribution is -2.42. The topological polar surface area (TPSA) is 65.9 Å². The SMILES string of the molecule is CCNC(=NCc1cc(OC)ccc1O)NC(C)CCC(C)C. The molecule has 0 radical (unpaired) electrons. The number of hydrogen-bond donors (Lipinski definition) is 3. The lowest BCUT2D eigenvalue weighted by atomic mass is 10.0. The molecule has 0 heterocycles. The summed E-state index contributed by atoms with van der Waals surface area (Å²) in [5, 5.41) is 16.6. The number of nitrogens with one attached hydrogen (secondary N) is 2. The normalized spacial score (nSPS) is 13.0. The van der Waals surface area contributed by atoms with E-state index in [0.717, 1.165) is 30.2 Å². The highest BCUT2D eigenvalue weighted by molar-refractivity contribution is 5.80. The molecule has 5 nitrogen and oxygen atoms in total. The van der Waals surface area contributed by atoms with Crippen molar-refractivity contribution in [1.29, 1.82) is 0 Å². The number of nitrogens with zero attached hydrogens (tertiary/aromatic N) is 1. The fourth-order valence-electron chi connectivity index (χ4n) is 2.19. The standard InChI is InChI=1S/C18H31N3O2/c1-6-19-18(21-14(4)8-7-13(2)3)20-12-15-11-16(23-5)9-10-17(15)22/h9-11,13-14,22H,6-8,12H2,1-5H3,(H2,19,20,21). The van der Waals surface area contributed by atoms with E-state index in [1.54, 1.807) is 19.2 Å². The van der Waals surface area contributed by atoms with Gasteiger partial charge < -0.3 is 20.5 Å². The molecule has 3 N–H and O–H groups in total. The summed E-state index contributed by atoms with van der Waals surface area (Å²) in [6.45, 7) is 9.87. The zero-order valence-electron chi connectivity index (χ0n) is 15.0. The van der Waals surface area contributed by atoms with E-state index in [4.69, 9.17) is 4.74 Å². The predicted molar refractivity (Wildman–Crippen MR) is 96.1 cm³/mol. The van der Waals surface area contributed by atoms with Gasteiger partial charge >= 0.3 is 0 Å². The molecule has 5 heteroatoms. The average Bonchev–Trinajstić information content (AvgIpc) is 2.52. The second-order valence-corrected chi connectivity index (χ2v) is 6.21. The van der Waals surface area contributed by atoms with Crippen LogP contribution in [-0.2, 0) is 6.54 Å². The lowest BCUT2D eigenvalue weighted by Gasteiger charge is -2.18. The van der Waals surface area contributed by atoms with Gasteiger partial charge in [0, 0.05) is 18.2 Å². The Bertz CT molecular complexity index is 501.